The van der Waals surface area contributed by atoms with Crippen molar-refractivity contribution in [2.24, 2.45) is 0 Å². The van der Waals surface area contributed by atoms with Gasteiger partial charge in [0.15, 0.2) is 0 Å². The SMILES string of the molecule is CC(C)(C)OC(=O)CNC1CC(C)(C)OC1(C)C. The van der Waals surface area contributed by atoms with E-state index in [1.54, 1.807) is 0 Å². The average Bonchev–Trinajstić information content (AvgIpc) is 2.27. The van der Waals surface area contributed by atoms with Crippen molar-refractivity contribution in [2.45, 2.75) is 77.7 Å². The van der Waals surface area contributed by atoms with Crippen molar-refractivity contribution in [3.8, 4) is 0 Å². The summed E-state index contributed by atoms with van der Waals surface area (Å²) in [5.74, 6) is -0.219. The molecule has 1 heterocycles. The van der Waals surface area contributed by atoms with Crippen molar-refractivity contribution in [3.05, 3.63) is 0 Å². The number of carbonyl (C=O) groups excluding carboxylic acids is 1. The highest BCUT2D eigenvalue weighted by Crippen LogP contribution is 2.37. The van der Waals surface area contributed by atoms with Crippen LogP contribution in [0.15, 0.2) is 0 Å². The van der Waals surface area contributed by atoms with Crippen LogP contribution in [-0.4, -0.2) is 35.4 Å². The van der Waals surface area contributed by atoms with E-state index in [-0.39, 0.29) is 29.8 Å². The van der Waals surface area contributed by atoms with Gasteiger partial charge in [0, 0.05) is 6.04 Å². The Morgan fingerprint density at radius 2 is 1.89 bits per heavy atom. The maximum Gasteiger partial charge on any atom is 0.320 e. The van der Waals surface area contributed by atoms with Crippen molar-refractivity contribution in [2.75, 3.05) is 6.54 Å². The summed E-state index contributed by atoms with van der Waals surface area (Å²) in [5, 5.41) is 3.25. The summed E-state index contributed by atoms with van der Waals surface area (Å²) in [7, 11) is 0. The minimum atomic E-state index is -0.431. The molecule has 1 saturated heterocycles. The minimum absolute atomic E-state index is 0.144. The highest BCUT2D eigenvalue weighted by molar-refractivity contribution is 5.72. The van der Waals surface area contributed by atoms with Gasteiger partial charge in [-0.1, -0.05) is 0 Å². The van der Waals surface area contributed by atoms with Gasteiger partial charge in [0.05, 0.1) is 17.7 Å². The lowest BCUT2D eigenvalue weighted by Gasteiger charge is -2.28. The first-order chi connectivity index (χ1) is 7.91. The van der Waals surface area contributed by atoms with Crippen molar-refractivity contribution in [3.63, 3.8) is 0 Å². The van der Waals surface area contributed by atoms with Crippen LogP contribution in [0.5, 0.6) is 0 Å². The molecule has 0 saturated carbocycles. The van der Waals surface area contributed by atoms with E-state index in [1.807, 2.05) is 20.8 Å². The smallest absolute Gasteiger partial charge is 0.320 e. The maximum absolute atomic E-state index is 11.7. The van der Waals surface area contributed by atoms with E-state index in [1.165, 1.54) is 0 Å². The van der Waals surface area contributed by atoms with E-state index in [4.69, 9.17) is 9.47 Å². The molecule has 0 bridgehead atoms. The summed E-state index contributed by atoms with van der Waals surface area (Å²) < 4.78 is 11.2. The van der Waals surface area contributed by atoms with Crippen molar-refractivity contribution < 1.29 is 14.3 Å². The highest BCUT2D eigenvalue weighted by atomic mass is 16.6. The second-order valence-corrected chi connectivity index (χ2v) is 7.19. The molecule has 1 rings (SSSR count). The fraction of sp³-hybridized carbons (Fsp3) is 0.929. The third-order valence-electron chi connectivity index (χ3n) is 2.99. The molecular formula is C14H27NO3. The summed E-state index contributed by atoms with van der Waals surface area (Å²) >= 11 is 0. The Balaban J connectivity index is 2.47. The zero-order chi connectivity index (χ0) is 14.2. The quantitative estimate of drug-likeness (QED) is 0.788. The number of hydrogen-bond acceptors (Lipinski definition) is 4. The third-order valence-corrected chi connectivity index (χ3v) is 2.99. The molecule has 18 heavy (non-hydrogen) atoms. The Labute approximate surface area is 110 Å². The number of carbonyl (C=O) groups is 1. The number of esters is 1. The fourth-order valence-electron chi connectivity index (χ4n) is 2.46. The third kappa shape index (κ3) is 4.58. The predicted octanol–water partition coefficient (Wildman–Crippen LogP) is 2.26. The van der Waals surface area contributed by atoms with Crippen LogP contribution in [0.2, 0.25) is 0 Å². The molecule has 4 heteroatoms. The zero-order valence-electron chi connectivity index (χ0n) is 12.7. The molecule has 0 aromatic carbocycles. The average molecular weight is 257 g/mol. The molecule has 106 valence electrons. The van der Waals surface area contributed by atoms with Gasteiger partial charge >= 0.3 is 5.97 Å². The van der Waals surface area contributed by atoms with Gasteiger partial charge in [0.25, 0.3) is 0 Å². The van der Waals surface area contributed by atoms with Crippen LogP contribution in [0.4, 0.5) is 0 Å². The largest absolute Gasteiger partial charge is 0.459 e. The number of hydrogen-bond donors (Lipinski definition) is 1. The zero-order valence-corrected chi connectivity index (χ0v) is 12.7. The van der Waals surface area contributed by atoms with E-state index in [2.05, 4.69) is 33.0 Å². The van der Waals surface area contributed by atoms with Crippen LogP contribution in [0, 0.1) is 0 Å². The summed E-state index contributed by atoms with van der Waals surface area (Å²) in [6.07, 6.45) is 0.892. The van der Waals surface area contributed by atoms with Gasteiger partial charge in [-0.2, -0.15) is 0 Å². The predicted molar refractivity (Wildman–Crippen MR) is 71.5 cm³/mol. The molecule has 1 fully saturated rings. The topological polar surface area (TPSA) is 47.6 Å². The molecule has 1 unspecified atom stereocenters. The van der Waals surface area contributed by atoms with Crippen LogP contribution >= 0.6 is 0 Å². The second kappa shape index (κ2) is 4.82. The summed E-state index contributed by atoms with van der Waals surface area (Å²) in [6.45, 7) is 14.1. The molecule has 0 aromatic heterocycles. The first-order valence-corrected chi connectivity index (χ1v) is 6.57. The first kappa shape index (κ1) is 15.4. The number of ether oxygens (including phenoxy) is 2. The van der Waals surface area contributed by atoms with Crippen LogP contribution in [0.3, 0.4) is 0 Å². The van der Waals surface area contributed by atoms with Gasteiger partial charge in [-0.15, -0.1) is 0 Å². The minimum Gasteiger partial charge on any atom is -0.459 e. The van der Waals surface area contributed by atoms with Crippen LogP contribution in [-0.2, 0) is 14.3 Å². The van der Waals surface area contributed by atoms with Crippen LogP contribution in [0.25, 0.3) is 0 Å². The van der Waals surface area contributed by atoms with Gasteiger partial charge in [0.1, 0.15) is 5.60 Å². The van der Waals surface area contributed by atoms with Crippen molar-refractivity contribution in [1.29, 1.82) is 0 Å². The monoisotopic (exact) mass is 257 g/mol. The summed E-state index contributed by atoms with van der Waals surface area (Å²) in [4.78, 5) is 11.7. The Morgan fingerprint density at radius 1 is 1.33 bits per heavy atom. The maximum atomic E-state index is 11.7. The molecule has 0 amide bonds. The van der Waals surface area contributed by atoms with Gasteiger partial charge in [-0.25, -0.2) is 0 Å². The lowest BCUT2D eigenvalue weighted by atomic mass is 9.94. The molecule has 0 aromatic rings. The van der Waals surface area contributed by atoms with E-state index in [9.17, 15) is 4.79 Å². The van der Waals surface area contributed by atoms with E-state index < -0.39 is 5.60 Å². The van der Waals surface area contributed by atoms with Crippen molar-refractivity contribution in [1.82, 2.24) is 5.32 Å². The molecule has 0 spiro atoms. The van der Waals surface area contributed by atoms with Crippen LogP contribution < -0.4 is 5.32 Å². The van der Waals surface area contributed by atoms with Gasteiger partial charge in [-0.05, 0) is 54.9 Å². The molecule has 0 aliphatic carbocycles. The normalized spacial score (nSPS) is 26.1. The Bertz CT molecular complexity index is 315. The molecule has 1 aliphatic rings. The fourth-order valence-corrected chi connectivity index (χ4v) is 2.46. The summed E-state index contributed by atoms with van der Waals surface area (Å²) in [6, 6.07) is 0.167. The first-order valence-electron chi connectivity index (χ1n) is 6.57. The number of nitrogens with one attached hydrogen (secondary N) is 1. The number of rotatable bonds is 3. The van der Waals surface area contributed by atoms with E-state index in [0.29, 0.717) is 0 Å². The van der Waals surface area contributed by atoms with E-state index in [0.717, 1.165) is 6.42 Å². The second-order valence-electron chi connectivity index (χ2n) is 7.19. The van der Waals surface area contributed by atoms with Crippen molar-refractivity contribution >= 4 is 5.97 Å². The highest BCUT2D eigenvalue weighted by Gasteiger charge is 2.45. The molecule has 1 aliphatic heterocycles. The Hall–Kier alpha value is -0.610. The Morgan fingerprint density at radius 3 is 2.28 bits per heavy atom. The molecule has 0 radical (unpaired) electrons. The Kier molecular flexibility index (Phi) is 4.13. The molecule has 1 atom stereocenters. The van der Waals surface area contributed by atoms with Gasteiger partial charge in [0.2, 0.25) is 0 Å². The summed E-state index contributed by atoms with van der Waals surface area (Å²) in [5.41, 5.74) is -0.833. The molecule has 4 nitrogen and oxygen atoms in total. The van der Waals surface area contributed by atoms with Gasteiger partial charge in [-0.3, -0.25) is 4.79 Å². The molecule has 1 N–H and O–H groups in total. The lowest BCUT2D eigenvalue weighted by molar-refractivity contribution is -0.153. The standard InChI is InChI=1S/C14H27NO3/c1-12(2,3)17-11(16)9-15-10-8-13(4,5)18-14(10,6)7/h10,15H,8-9H2,1-7H3. The van der Waals surface area contributed by atoms with E-state index >= 15 is 0 Å². The van der Waals surface area contributed by atoms with Gasteiger partial charge < -0.3 is 14.8 Å². The van der Waals surface area contributed by atoms with Crippen LogP contribution in [0.1, 0.15) is 54.9 Å². The lowest BCUT2D eigenvalue weighted by Crippen LogP contribution is -2.46. The molecular weight excluding hydrogens is 230 g/mol.